The van der Waals surface area contributed by atoms with Crippen LogP contribution in [0.3, 0.4) is 0 Å². The largest absolute Gasteiger partial charge is 0.337 e. The van der Waals surface area contributed by atoms with E-state index in [0.29, 0.717) is 18.5 Å². The summed E-state index contributed by atoms with van der Waals surface area (Å²) < 4.78 is 0. The van der Waals surface area contributed by atoms with E-state index in [-0.39, 0.29) is 5.91 Å². The fourth-order valence-corrected chi connectivity index (χ4v) is 2.62. The molecule has 3 nitrogen and oxygen atoms in total. The highest BCUT2D eigenvalue weighted by atomic mass is 16.2. The SMILES string of the molecule is CN(Cc1ccccc1)C(=O)c1ccc([C@@H]2C[C@H]2N)cc1. The van der Waals surface area contributed by atoms with E-state index >= 15 is 0 Å². The number of nitrogens with zero attached hydrogens (tertiary/aromatic N) is 1. The van der Waals surface area contributed by atoms with E-state index in [2.05, 4.69) is 0 Å². The zero-order chi connectivity index (χ0) is 14.8. The van der Waals surface area contributed by atoms with Crippen molar-refractivity contribution >= 4 is 5.91 Å². The normalized spacial score (nSPS) is 20.1. The Bertz CT molecular complexity index is 621. The van der Waals surface area contributed by atoms with Gasteiger partial charge in [-0.1, -0.05) is 42.5 Å². The highest BCUT2D eigenvalue weighted by Gasteiger charge is 2.34. The summed E-state index contributed by atoms with van der Waals surface area (Å²) in [6, 6.07) is 18.2. The molecule has 0 heterocycles. The standard InChI is InChI=1S/C18H20N2O/c1-20(12-13-5-3-2-4-6-13)18(21)15-9-7-14(8-10-15)16-11-17(16)19/h2-10,16-17H,11-12,19H2,1H3/t16-,17+/m0/s1. The van der Waals surface area contributed by atoms with E-state index in [1.807, 2.05) is 61.6 Å². The molecule has 0 saturated heterocycles. The fourth-order valence-electron chi connectivity index (χ4n) is 2.62. The lowest BCUT2D eigenvalue weighted by Crippen LogP contribution is -2.26. The Balaban J connectivity index is 1.66. The Morgan fingerprint density at radius 1 is 1.14 bits per heavy atom. The summed E-state index contributed by atoms with van der Waals surface area (Å²) >= 11 is 0. The molecule has 108 valence electrons. The first-order valence-corrected chi connectivity index (χ1v) is 7.30. The lowest BCUT2D eigenvalue weighted by atomic mass is 10.1. The van der Waals surface area contributed by atoms with Gasteiger partial charge in [-0.15, -0.1) is 0 Å². The van der Waals surface area contributed by atoms with Crippen molar-refractivity contribution in [2.24, 2.45) is 5.73 Å². The van der Waals surface area contributed by atoms with Crippen LogP contribution in [-0.4, -0.2) is 23.9 Å². The molecule has 2 aromatic carbocycles. The quantitative estimate of drug-likeness (QED) is 0.936. The van der Waals surface area contributed by atoms with Crippen LogP contribution in [-0.2, 0) is 6.54 Å². The number of rotatable bonds is 4. The second-order valence-corrected chi connectivity index (χ2v) is 5.77. The molecule has 2 atom stereocenters. The van der Waals surface area contributed by atoms with Crippen LogP contribution in [0.2, 0.25) is 0 Å². The molecule has 3 rings (SSSR count). The van der Waals surface area contributed by atoms with E-state index in [0.717, 1.165) is 17.5 Å². The summed E-state index contributed by atoms with van der Waals surface area (Å²) in [4.78, 5) is 14.2. The minimum Gasteiger partial charge on any atom is -0.337 e. The van der Waals surface area contributed by atoms with Crippen LogP contribution in [0, 0.1) is 0 Å². The number of amides is 1. The molecule has 3 heteroatoms. The third kappa shape index (κ3) is 3.14. The number of hydrogen-bond donors (Lipinski definition) is 1. The lowest BCUT2D eigenvalue weighted by Gasteiger charge is -2.17. The van der Waals surface area contributed by atoms with Crippen LogP contribution >= 0.6 is 0 Å². The average molecular weight is 280 g/mol. The van der Waals surface area contributed by atoms with Crippen LogP contribution < -0.4 is 5.73 Å². The highest BCUT2D eigenvalue weighted by molar-refractivity contribution is 5.94. The first-order chi connectivity index (χ1) is 10.1. The Morgan fingerprint density at radius 2 is 1.76 bits per heavy atom. The van der Waals surface area contributed by atoms with Crippen LogP contribution in [0.15, 0.2) is 54.6 Å². The molecule has 1 fully saturated rings. The Labute approximate surface area is 125 Å². The van der Waals surface area contributed by atoms with Crippen molar-refractivity contribution in [2.75, 3.05) is 7.05 Å². The van der Waals surface area contributed by atoms with Gasteiger partial charge >= 0.3 is 0 Å². The molecule has 1 aliphatic rings. The summed E-state index contributed by atoms with van der Waals surface area (Å²) in [5.41, 5.74) is 8.96. The summed E-state index contributed by atoms with van der Waals surface area (Å²) in [5, 5.41) is 0. The zero-order valence-corrected chi connectivity index (χ0v) is 12.2. The maximum Gasteiger partial charge on any atom is 0.253 e. The van der Waals surface area contributed by atoms with Gasteiger partial charge in [0.15, 0.2) is 0 Å². The Kier molecular flexibility index (Phi) is 3.76. The predicted octanol–water partition coefficient (Wildman–Crippen LogP) is 2.77. The van der Waals surface area contributed by atoms with Crippen molar-refractivity contribution in [3.8, 4) is 0 Å². The molecular formula is C18H20N2O. The van der Waals surface area contributed by atoms with Crippen LogP contribution in [0.5, 0.6) is 0 Å². The van der Waals surface area contributed by atoms with Crippen molar-refractivity contribution < 1.29 is 4.79 Å². The van der Waals surface area contributed by atoms with E-state index in [1.54, 1.807) is 4.90 Å². The molecule has 0 unspecified atom stereocenters. The van der Waals surface area contributed by atoms with Gasteiger partial charge in [-0.25, -0.2) is 0 Å². The van der Waals surface area contributed by atoms with Crippen molar-refractivity contribution in [2.45, 2.75) is 24.9 Å². The first-order valence-electron chi connectivity index (χ1n) is 7.30. The average Bonchev–Trinajstić information content (AvgIpc) is 3.24. The van der Waals surface area contributed by atoms with Crippen LogP contribution in [0.1, 0.15) is 33.8 Å². The van der Waals surface area contributed by atoms with E-state index in [9.17, 15) is 4.79 Å². The highest BCUT2D eigenvalue weighted by Crippen LogP contribution is 2.38. The van der Waals surface area contributed by atoms with E-state index < -0.39 is 0 Å². The second-order valence-electron chi connectivity index (χ2n) is 5.77. The molecule has 1 amide bonds. The van der Waals surface area contributed by atoms with Crippen molar-refractivity contribution in [1.82, 2.24) is 4.90 Å². The molecule has 0 aromatic heterocycles. The van der Waals surface area contributed by atoms with Gasteiger partial charge in [-0.2, -0.15) is 0 Å². The minimum atomic E-state index is 0.0468. The number of benzene rings is 2. The number of carbonyl (C=O) groups excluding carboxylic acids is 1. The maximum atomic E-state index is 12.4. The lowest BCUT2D eigenvalue weighted by molar-refractivity contribution is 0.0785. The smallest absolute Gasteiger partial charge is 0.253 e. The van der Waals surface area contributed by atoms with Gasteiger partial charge in [0.05, 0.1) is 0 Å². The van der Waals surface area contributed by atoms with Crippen LogP contribution in [0.25, 0.3) is 0 Å². The molecule has 21 heavy (non-hydrogen) atoms. The number of carbonyl (C=O) groups is 1. The molecule has 0 aliphatic heterocycles. The van der Waals surface area contributed by atoms with Crippen molar-refractivity contribution in [3.63, 3.8) is 0 Å². The molecule has 1 saturated carbocycles. The zero-order valence-electron chi connectivity index (χ0n) is 12.2. The molecule has 0 radical (unpaired) electrons. The fraction of sp³-hybridized carbons (Fsp3) is 0.278. The molecule has 1 aliphatic carbocycles. The van der Waals surface area contributed by atoms with E-state index in [1.165, 1.54) is 5.56 Å². The van der Waals surface area contributed by atoms with Gasteiger partial charge in [-0.05, 0) is 29.7 Å². The predicted molar refractivity (Wildman–Crippen MR) is 84.0 cm³/mol. The van der Waals surface area contributed by atoms with Gasteiger partial charge in [0, 0.05) is 31.1 Å². The molecule has 2 N–H and O–H groups in total. The maximum absolute atomic E-state index is 12.4. The summed E-state index contributed by atoms with van der Waals surface area (Å²) in [6.07, 6.45) is 1.06. The van der Waals surface area contributed by atoms with E-state index in [4.69, 9.17) is 5.73 Å². The Hall–Kier alpha value is -2.13. The summed E-state index contributed by atoms with van der Waals surface area (Å²) in [7, 11) is 1.83. The Morgan fingerprint density at radius 3 is 2.33 bits per heavy atom. The third-order valence-corrected chi connectivity index (χ3v) is 4.03. The van der Waals surface area contributed by atoms with Crippen molar-refractivity contribution in [1.29, 1.82) is 0 Å². The second kappa shape index (κ2) is 5.70. The van der Waals surface area contributed by atoms with Crippen LogP contribution in [0.4, 0.5) is 0 Å². The van der Waals surface area contributed by atoms with Gasteiger partial charge in [0.1, 0.15) is 0 Å². The minimum absolute atomic E-state index is 0.0468. The molecule has 0 spiro atoms. The number of nitrogens with two attached hydrogens (primary N) is 1. The monoisotopic (exact) mass is 280 g/mol. The number of hydrogen-bond acceptors (Lipinski definition) is 2. The van der Waals surface area contributed by atoms with Gasteiger partial charge in [0.25, 0.3) is 5.91 Å². The van der Waals surface area contributed by atoms with Gasteiger partial charge in [0.2, 0.25) is 0 Å². The summed E-state index contributed by atoms with van der Waals surface area (Å²) in [6.45, 7) is 0.620. The third-order valence-electron chi connectivity index (χ3n) is 4.03. The van der Waals surface area contributed by atoms with Gasteiger partial charge in [-0.3, -0.25) is 4.79 Å². The first kappa shape index (κ1) is 13.8. The molecule has 0 bridgehead atoms. The van der Waals surface area contributed by atoms with Crippen molar-refractivity contribution in [3.05, 3.63) is 71.3 Å². The van der Waals surface area contributed by atoms with Gasteiger partial charge < -0.3 is 10.6 Å². The molecular weight excluding hydrogens is 260 g/mol. The summed E-state index contributed by atoms with van der Waals surface area (Å²) in [5.74, 6) is 0.529. The molecule has 2 aromatic rings. The topological polar surface area (TPSA) is 46.3 Å².